The quantitative estimate of drug-likeness (QED) is 0.179. The summed E-state index contributed by atoms with van der Waals surface area (Å²) in [7, 11) is 0. The minimum Gasteiger partial charge on any atom is -0.550 e. The van der Waals surface area contributed by atoms with Gasteiger partial charge in [0.25, 0.3) is 0 Å². The summed E-state index contributed by atoms with van der Waals surface area (Å²) in [6.07, 6.45) is 20.1. The number of nitrogens with one attached hydrogen (secondary N) is 8. The van der Waals surface area contributed by atoms with Gasteiger partial charge >= 0.3 is 22.4 Å². The summed E-state index contributed by atoms with van der Waals surface area (Å²) in [5, 5.41) is 45.3. The van der Waals surface area contributed by atoms with Crippen LogP contribution in [0.1, 0.15) is 96.3 Å². The van der Waals surface area contributed by atoms with Crippen LogP contribution in [0.15, 0.2) is 0 Å². The summed E-state index contributed by atoms with van der Waals surface area (Å²) in [6.45, 7) is 0. The van der Waals surface area contributed by atoms with Crippen LogP contribution in [0.25, 0.3) is 0 Å². The molecule has 0 radical (unpaired) electrons. The van der Waals surface area contributed by atoms with Crippen LogP contribution in [-0.2, 0) is 27.2 Å². The van der Waals surface area contributed by atoms with Gasteiger partial charge in [-0.25, -0.2) is 0 Å². The van der Waals surface area contributed by atoms with Gasteiger partial charge in [-0.05, 0) is 92.8 Å². The molecule has 0 aromatic carbocycles. The van der Waals surface area contributed by atoms with Crippen LogP contribution in [0, 0.1) is 53.3 Å². The Bertz CT molecular complexity index is 1050. The van der Waals surface area contributed by atoms with Gasteiger partial charge in [0.15, 0.2) is 0 Å². The Labute approximate surface area is 278 Å². The molecule has 10 nitrogen and oxygen atoms in total. The zero-order valence-electron chi connectivity index (χ0n) is 26.0. The molecule has 9 rings (SSSR count). The maximum Gasteiger partial charge on any atom is 1.00 e. The van der Waals surface area contributed by atoms with Gasteiger partial charge in [0.1, 0.15) is 0 Å². The molecule has 9 fully saturated rings. The Morgan fingerprint density at radius 1 is 0.386 bits per heavy atom. The second-order valence-corrected chi connectivity index (χ2v) is 16.1. The van der Waals surface area contributed by atoms with Crippen molar-refractivity contribution in [2.24, 2.45) is 53.3 Å². The second-order valence-electron chi connectivity index (χ2n) is 16.1. The Kier molecular flexibility index (Phi) is 9.02. The van der Waals surface area contributed by atoms with Crippen LogP contribution in [-0.4, -0.2) is 55.3 Å². The summed E-state index contributed by atoms with van der Waals surface area (Å²) >= 11 is 0. The van der Waals surface area contributed by atoms with Crippen LogP contribution in [0.3, 0.4) is 0 Å². The number of hydrogen-bond acceptors (Lipinski definition) is 10. The van der Waals surface area contributed by atoms with Gasteiger partial charge in [-0.2, -0.15) is 0 Å². The van der Waals surface area contributed by atoms with E-state index in [-0.39, 0.29) is 59.1 Å². The largest absolute Gasteiger partial charge is 1.00 e. The molecular formula is C33H55AuN8O2. The predicted octanol–water partition coefficient (Wildman–Crippen LogP) is 0.579. The summed E-state index contributed by atoms with van der Waals surface area (Å²) in [5.41, 5.74) is 0. The van der Waals surface area contributed by atoms with Gasteiger partial charge in [-0.15, -0.1) is 0 Å². The molecule has 0 amide bonds. The minimum absolute atomic E-state index is 0. The van der Waals surface area contributed by atoms with Gasteiger partial charge in [0.05, 0.1) is 49.3 Å². The van der Waals surface area contributed by atoms with Crippen molar-refractivity contribution < 1.29 is 32.3 Å². The molecule has 0 spiro atoms. The fourth-order valence-electron chi connectivity index (χ4n) is 12.3. The minimum atomic E-state index is -0.857. The molecule has 4 aliphatic carbocycles. The van der Waals surface area contributed by atoms with E-state index in [1.807, 2.05) is 0 Å². The normalized spacial score (nSPS) is 54.8. The Morgan fingerprint density at radius 2 is 0.659 bits per heavy atom. The third-order valence-corrected chi connectivity index (χ3v) is 14.2. The van der Waals surface area contributed by atoms with E-state index in [4.69, 9.17) is 0 Å². The molecular weight excluding hydrogens is 737 g/mol. The monoisotopic (exact) mass is 792 g/mol. The first-order valence-electron chi connectivity index (χ1n) is 18.4. The van der Waals surface area contributed by atoms with Crippen LogP contribution < -0.4 is 47.6 Å². The summed E-state index contributed by atoms with van der Waals surface area (Å²) in [5.74, 6) is 2.83. The molecule has 17 unspecified atom stereocenters. The number of hydrogen-bond donors (Lipinski definition) is 8. The molecule has 44 heavy (non-hydrogen) atoms. The van der Waals surface area contributed by atoms with E-state index in [1.165, 1.54) is 77.0 Å². The Hall–Kier alpha value is -0.110. The Morgan fingerprint density at radius 3 is 0.977 bits per heavy atom. The molecule has 8 N–H and O–H groups in total. The van der Waals surface area contributed by atoms with Crippen molar-refractivity contribution in [2.75, 3.05) is 0 Å². The van der Waals surface area contributed by atoms with E-state index in [2.05, 4.69) is 42.5 Å². The molecule has 8 bridgehead atoms. The smallest absolute Gasteiger partial charge is 0.550 e. The molecule has 9 aliphatic rings. The van der Waals surface area contributed by atoms with Crippen LogP contribution in [0.5, 0.6) is 0 Å². The average molecular weight is 793 g/mol. The third-order valence-electron chi connectivity index (χ3n) is 14.2. The van der Waals surface area contributed by atoms with E-state index in [9.17, 15) is 9.90 Å². The first-order valence-corrected chi connectivity index (χ1v) is 18.4. The van der Waals surface area contributed by atoms with E-state index in [1.54, 1.807) is 0 Å². The van der Waals surface area contributed by atoms with Crippen molar-refractivity contribution >= 4 is 5.97 Å². The van der Waals surface area contributed by atoms with E-state index in [0.29, 0.717) is 59.9 Å². The van der Waals surface area contributed by atoms with Gasteiger partial charge in [-0.1, -0.05) is 44.9 Å². The number of fused-ring (bicyclic) bond motifs is 20. The maximum atomic E-state index is 12.5. The van der Waals surface area contributed by atoms with E-state index < -0.39 is 11.9 Å². The Balaban J connectivity index is 0.00000289. The summed E-state index contributed by atoms with van der Waals surface area (Å²) in [4.78, 5) is 12.5. The number of rotatable bonds is 1. The third kappa shape index (κ3) is 5.31. The fourth-order valence-corrected chi connectivity index (χ4v) is 12.3. The SMILES string of the molecule is O=C([O-])C1CCCC2C3NC4NC(NC5NC(NC6NC(NC(N3)C12)C1CCCCC61)C1CCCCC51)C1CCCCC41.[Au+]. The summed E-state index contributed by atoms with van der Waals surface area (Å²) in [6, 6.07) is 0. The first kappa shape index (κ1) is 31.2. The fraction of sp³-hybridized carbons (Fsp3) is 0.970. The van der Waals surface area contributed by atoms with Crippen LogP contribution in [0.4, 0.5) is 0 Å². The first-order chi connectivity index (χ1) is 21.1. The van der Waals surface area contributed by atoms with Crippen molar-refractivity contribution in [1.29, 1.82) is 0 Å². The van der Waals surface area contributed by atoms with Crippen molar-refractivity contribution in [3.8, 4) is 0 Å². The number of carboxylic acid groups (broad SMARTS) is 1. The standard InChI is InChI=1S/C33H56N8O2.Au/c42-33(43)23-15-7-14-22-24(23)32-40-30-21-13-6-5-12-20(21)28(38-30)36-26-17-9-2-1-8-16(17)25(34-26)35-27-18-10-3-4-11-19(18)29(37-27)39-31(22)41-32;/h16-32,34-41H,1-15H2,(H,42,43);/q;+1/p-1. The zero-order valence-corrected chi connectivity index (χ0v) is 28.2. The molecule has 250 valence electrons. The zero-order chi connectivity index (χ0) is 28.7. The van der Waals surface area contributed by atoms with Crippen molar-refractivity contribution in [2.45, 2.75) is 146 Å². The van der Waals surface area contributed by atoms with E-state index >= 15 is 0 Å². The molecule has 11 heteroatoms. The molecule has 5 saturated heterocycles. The number of carbonyl (C=O) groups is 1. The number of carbonyl (C=O) groups excluding carboxylic acids is 1. The van der Waals surface area contributed by atoms with Gasteiger partial charge < -0.3 is 9.90 Å². The van der Waals surface area contributed by atoms with Crippen LogP contribution >= 0.6 is 0 Å². The number of carboxylic acids is 1. The second kappa shape index (κ2) is 12.7. The van der Waals surface area contributed by atoms with Gasteiger partial charge in [0.2, 0.25) is 0 Å². The maximum absolute atomic E-state index is 12.5. The van der Waals surface area contributed by atoms with Crippen molar-refractivity contribution in [3.05, 3.63) is 0 Å². The molecule has 4 saturated carbocycles. The molecule has 0 aromatic heterocycles. The van der Waals surface area contributed by atoms with E-state index in [0.717, 1.165) is 19.3 Å². The van der Waals surface area contributed by atoms with Gasteiger partial charge in [0, 0.05) is 17.8 Å². The van der Waals surface area contributed by atoms with Crippen LogP contribution in [0.2, 0.25) is 0 Å². The topological polar surface area (TPSA) is 136 Å². The molecule has 5 heterocycles. The van der Waals surface area contributed by atoms with Gasteiger partial charge in [-0.3, -0.25) is 42.5 Å². The molecule has 17 atom stereocenters. The average Bonchev–Trinajstić information content (AvgIpc) is 3.76. The molecule has 0 aromatic rings. The number of aliphatic carboxylic acids is 1. The van der Waals surface area contributed by atoms with Crippen molar-refractivity contribution in [1.82, 2.24) is 42.5 Å². The van der Waals surface area contributed by atoms with Crippen molar-refractivity contribution in [3.63, 3.8) is 0 Å². The predicted molar refractivity (Wildman–Crippen MR) is 161 cm³/mol. The molecule has 5 aliphatic heterocycles. The summed E-state index contributed by atoms with van der Waals surface area (Å²) < 4.78 is 0.